The Morgan fingerprint density at radius 1 is 1.00 bits per heavy atom. The summed E-state index contributed by atoms with van der Waals surface area (Å²) in [6.45, 7) is 1.78. The third-order valence-corrected chi connectivity index (χ3v) is 3.56. The van der Waals surface area contributed by atoms with Gasteiger partial charge in [0.15, 0.2) is 0 Å². The second-order valence-corrected chi connectivity index (χ2v) is 5.42. The van der Waals surface area contributed by atoms with Gasteiger partial charge in [-0.05, 0) is 42.0 Å². The Bertz CT molecular complexity index is 859. The van der Waals surface area contributed by atoms with E-state index in [1.165, 1.54) is 0 Å². The van der Waals surface area contributed by atoms with Crippen LogP contribution < -0.4 is 0 Å². The number of halogens is 3. The van der Waals surface area contributed by atoms with Crippen LogP contribution in [0.2, 0.25) is 0 Å². The van der Waals surface area contributed by atoms with Gasteiger partial charge >= 0.3 is 6.18 Å². The van der Waals surface area contributed by atoms with Crippen LogP contribution in [0.3, 0.4) is 0 Å². The molecule has 0 aromatic heterocycles. The molecule has 0 saturated heterocycles. The van der Waals surface area contributed by atoms with E-state index in [4.69, 9.17) is 0 Å². The molecule has 0 amide bonds. The van der Waals surface area contributed by atoms with Gasteiger partial charge in [-0.1, -0.05) is 54.3 Å². The molecule has 1 nitrogen and oxygen atoms in total. The molecule has 2 aromatic carbocycles. The lowest BCUT2D eigenvalue weighted by Gasteiger charge is -2.14. The van der Waals surface area contributed by atoms with Crippen LogP contribution in [0.25, 0.3) is 0 Å². The number of ketones is 1. The summed E-state index contributed by atoms with van der Waals surface area (Å²) in [6.07, 6.45) is -5.58. The highest BCUT2D eigenvalue weighted by Gasteiger charge is 2.39. The summed E-state index contributed by atoms with van der Waals surface area (Å²) in [5, 5.41) is 0. The number of hydrogen-bond acceptors (Lipinski definition) is 1. The normalized spacial score (nSPS) is 11.5. The largest absolute Gasteiger partial charge is 0.450 e. The SMILES string of the molecule is Cc1ccccc1[C@@H](C#CC#Cc1ccccc1)CC(=O)C(F)(F)F. The van der Waals surface area contributed by atoms with Crippen molar-refractivity contribution in [1.29, 1.82) is 0 Å². The lowest BCUT2D eigenvalue weighted by molar-refractivity contribution is -0.171. The molecule has 0 saturated carbocycles. The Hall–Kier alpha value is -2.98. The molecular weight excluding hydrogens is 325 g/mol. The molecule has 126 valence electrons. The van der Waals surface area contributed by atoms with Gasteiger partial charge in [0.05, 0.1) is 5.92 Å². The van der Waals surface area contributed by atoms with Crippen molar-refractivity contribution in [3.63, 3.8) is 0 Å². The second kappa shape index (κ2) is 8.22. The first kappa shape index (κ1) is 18.4. The molecule has 2 aromatic rings. The van der Waals surface area contributed by atoms with Crippen molar-refractivity contribution in [2.24, 2.45) is 0 Å². The topological polar surface area (TPSA) is 17.1 Å². The van der Waals surface area contributed by atoms with Gasteiger partial charge in [0, 0.05) is 12.0 Å². The van der Waals surface area contributed by atoms with E-state index in [1.807, 2.05) is 18.2 Å². The van der Waals surface area contributed by atoms with E-state index in [0.717, 1.165) is 11.1 Å². The van der Waals surface area contributed by atoms with Crippen molar-refractivity contribution in [1.82, 2.24) is 0 Å². The van der Waals surface area contributed by atoms with E-state index < -0.39 is 24.3 Å². The van der Waals surface area contributed by atoms with E-state index in [9.17, 15) is 18.0 Å². The van der Waals surface area contributed by atoms with Crippen molar-refractivity contribution < 1.29 is 18.0 Å². The van der Waals surface area contributed by atoms with Crippen LogP contribution in [0.15, 0.2) is 54.6 Å². The summed E-state index contributed by atoms with van der Waals surface area (Å²) in [4.78, 5) is 11.4. The highest BCUT2D eigenvalue weighted by molar-refractivity contribution is 5.85. The quantitative estimate of drug-likeness (QED) is 0.743. The van der Waals surface area contributed by atoms with Crippen LogP contribution in [0.1, 0.15) is 29.0 Å². The molecule has 0 unspecified atom stereocenters. The lowest BCUT2D eigenvalue weighted by Crippen LogP contribution is -2.24. The average Bonchev–Trinajstić information content (AvgIpc) is 2.58. The third-order valence-electron chi connectivity index (χ3n) is 3.56. The van der Waals surface area contributed by atoms with Crippen LogP contribution in [0.5, 0.6) is 0 Å². The zero-order valence-corrected chi connectivity index (χ0v) is 13.5. The van der Waals surface area contributed by atoms with Crippen LogP contribution in [0.4, 0.5) is 13.2 Å². The van der Waals surface area contributed by atoms with E-state index in [-0.39, 0.29) is 0 Å². The Morgan fingerprint density at radius 3 is 2.28 bits per heavy atom. The van der Waals surface area contributed by atoms with Gasteiger partial charge in [0.1, 0.15) is 0 Å². The second-order valence-electron chi connectivity index (χ2n) is 5.42. The molecule has 0 N–H and O–H groups in total. The molecule has 0 aliphatic rings. The molecule has 0 spiro atoms. The van der Waals surface area contributed by atoms with Gasteiger partial charge in [-0.3, -0.25) is 4.79 Å². The summed E-state index contributed by atoms with van der Waals surface area (Å²) in [7, 11) is 0. The van der Waals surface area contributed by atoms with Gasteiger partial charge in [0.25, 0.3) is 0 Å². The minimum Gasteiger partial charge on any atom is -0.290 e. The minimum atomic E-state index is -4.86. The number of carbonyl (C=O) groups is 1. The molecule has 25 heavy (non-hydrogen) atoms. The van der Waals surface area contributed by atoms with Crippen LogP contribution in [-0.2, 0) is 4.79 Å². The number of alkyl halides is 3. The van der Waals surface area contributed by atoms with E-state index in [2.05, 4.69) is 23.7 Å². The summed E-state index contributed by atoms with van der Waals surface area (Å²) in [6, 6.07) is 16.1. The Labute approximate surface area is 144 Å². The third kappa shape index (κ3) is 5.55. The Morgan fingerprint density at radius 2 is 1.64 bits per heavy atom. The monoisotopic (exact) mass is 340 g/mol. The van der Waals surface area contributed by atoms with Crippen molar-refractivity contribution in [3.8, 4) is 23.7 Å². The maximum atomic E-state index is 12.6. The standard InChI is InChI=1S/C21H15F3O/c1-16-9-5-8-14-19(16)18(15-20(25)21(22,23)24)13-7-6-12-17-10-3-2-4-11-17/h2-5,8-11,14,18H,15H2,1H3/t18-/m0/s1. The van der Waals surface area contributed by atoms with E-state index in [0.29, 0.717) is 5.56 Å². The lowest BCUT2D eigenvalue weighted by atomic mass is 9.91. The van der Waals surface area contributed by atoms with E-state index >= 15 is 0 Å². The highest BCUT2D eigenvalue weighted by Crippen LogP contribution is 2.27. The highest BCUT2D eigenvalue weighted by atomic mass is 19.4. The number of aryl methyl sites for hydroxylation is 1. The van der Waals surface area contributed by atoms with Gasteiger partial charge in [-0.15, -0.1) is 0 Å². The molecule has 0 radical (unpaired) electrons. The van der Waals surface area contributed by atoms with Crippen molar-refractivity contribution in [3.05, 3.63) is 71.3 Å². The summed E-state index contributed by atoms with van der Waals surface area (Å²) in [5.74, 6) is 8.11. The summed E-state index contributed by atoms with van der Waals surface area (Å²) in [5.41, 5.74) is 2.15. The average molecular weight is 340 g/mol. The molecule has 0 fully saturated rings. The molecule has 0 heterocycles. The number of carbonyl (C=O) groups excluding carboxylic acids is 1. The molecule has 0 aliphatic carbocycles. The Kier molecular flexibility index (Phi) is 6.03. The molecule has 0 bridgehead atoms. The maximum Gasteiger partial charge on any atom is 0.450 e. The van der Waals surface area contributed by atoms with Crippen molar-refractivity contribution in [2.45, 2.75) is 25.4 Å². The fraction of sp³-hybridized carbons (Fsp3) is 0.190. The number of rotatable bonds is 3. The van der Waals surface area contributed by atoms with Gasteiger partial charge in [0.2, 0.25) is 5.78 Å². The first-order valence-corrected chi connectivity index (χ1v) is 7.60. The smallest absolute Gasteiger partial charge is 0.290 e. The molecule has 0 aliphatic heterocycles. The minimum absolute atomic E-state index is 0.606. The van der Waals surface area contributed by atoms with Crippen LogP contribution in [0, 0.1) is 30.6 Å². The predicted octanol–water partition coefficient (Wildman–Crippen LogP) is 4.66. The predicted molar refractivity (Wildman–Crippen MR) is 90.7 cm³/mol. The van der Waals surface area contributed by atoms with Crippen LogP contribution >= 0.6 is 0 Å². The number of hydrogen-bond donors (Lipinski definition) is 0. The van der Waals surface area contributed by atoms with E-state index in [1.54, 1.807) is 43.3 Å². The summed E-state index contributed by atoms with van der Waals surface area (Å²) >= 11 is 0. The van der Waals surface area contributed by atoms with Gasteiger partial charge < -0.3 is 0 Å². The molecule has 4 heteroatoms. The fourth-order valence-electron chi connectivity index (χ4n) is 2.27. The number of benzene rings is 2. The summed E-state index contributed by atoms with van der Waals surface area (Å²) < 4.78 is 37.8. The van der Waals surface area contributed by atoms with Crippen molar-refractivity contribution >= 4 is 5.78 Å². The Balaban J connectivity index is 2.27. The van der Waals surface area contributed by atoms with Crippen LogP contribution in [-0.4, -0.2) is 12.0 Å². The zero-order valence-electron chi connectivity index (χ0n) is 13.5. The first-order chi connectivity index (χ1) is 11.9. The van der Waals surface area contributed by atoms with Gasteiger partial charge in [-0.2, -0.15) is 13.2 Å². The van der Waals surface area contributed by atoms with Gasteiger partial charge in [-0.25, -0.2) is 0 Å². The molecule has 1 atom stereocenters. The fourth-order valence-corrected chi connectivity index (χ4v) is 2.27. The van der Waals surface area contributed by atoms with Crippen molar-refractivity contribution in [2.75, 3.05) is 0 Å². The maximum absolute atomic E-state index is 12.6. The number of Topliss-reactive ketones (excluding diaryl/α,β-unsaturated/α-hetero) is 1. The molecular formula is C21H15F3O. The molecule has 2 rings (SSSR count). The first-order valence-electron chi connectivity index (χ1n) is 7.60. The zero-order chi connectivity index (χ0) is 18.3.